The molecule has 5 heteroatoms. The van der Waals surface area contributed by atoms with Gasteiger partial charge in [0.1, 0.15) is 0 Å². The lowest BCUT2D eigenvalue weighted by Gasteiger charge is -2.14. The molecule has 0 amide bonds. The van der Waals surface area contributed by atoms with Gasteiger partial charge in [-0.2, -0.15) is 0 Å². The molecule has 1 unspecified atom stereocenters. The van der Waals surface area contributed by atoms with Crippen molar-refractivity contribution >= 4 is 28.9 Å². The Morgan fingerprint density at radius 3 is 2.44 bits per heavy atom. The van der Waals surface area contributed by atoms with E-state index in [1.54, 1.807) is 24.5 Å². The van der Waals surface area contributed by atoms with E-state index in [4.69, 9.17) is 34.7 Å². The number of nitrogen functional groups attached to an aromatic ring is 1. The van der Waals surface area contributed by atoms with Gasteiger partial charge in [-0.1, -0.05) is 23.2 Å². The Hall–Kier alpha value is -1.29. The van der Waals surface area contributed by atoms with Crippen LogP contribution in [0, 0.1) is 0 Å². The van der Waals surface area contributed by atoms with Crippen molar-refractivity contribution in [2.45, 2.75) is 12.5 Å². The smallest absolute Gasteiger partial charge is 0.0424 e. The maximum Gasteiger partial charge on any atom is 0.0424 e. The van der Waals surface area contributed by atoms with Gasteiger partial charge in [0.25, 0.3) is 0 Å². The van der Waals surface area contributed by atoms with E-state index in [0.717, 1.165) is 11.1 Å². The zero-order valence-electron chi connectivity index (χ0n) is 9.61. The van der Waals surface area contributed by atoms with Gasteiger partial charge in [-0.25, -0.2) is 0 Å². The molecule has 1 heterocycles. The van der Waals surface area contributed by atoms with Crippen molar-refractivity contribution in [2.75, 3.05) is 5.73 Å². The van der Waals surface area contributed by atoms with Crippen LogP contribution in [0.3, 0.4) is 0 Å². The summed E-state index contributed by atoms with van der Waals surface area (Å²) in [5.41, 5.74) is 14.5. The standard InChI is InChI=1S/C13H13Cl2N3/c14-10-3-8(4-11(15)6-10)13(17)5-9-7-18-2-1-12(9)16/h1-4,6-7,13H,5,17H2,(H2,16,18). The minimum absolute atomic E-state index is 0.215. The number of rotatable bonds is 3. The summed E-state index contributed by atoms with van der Waals surface area (Å²) in [6.45, 7) is 0. The molecule has 4 N–H and O–H groups in total. The highest BCUT2D eigenvalue weighted by molar-refractivity contribution is 6.34. The van der Waals surface area contributed by atoms with Gasteiger partial charge in [-0.3, -0.25) is 4.98 Å². The van der Waals surface area contributed by atoms with Crippen molar-refractivity contribution in [3.63, 3.8) is 0 Å². The van der Waals surface area contributed by atoms with Crippen LogP contribution in [0.4, 0.5) is 5.69 Å². The van der Waals surface area contributed by atoms with Crippen LogP contribution in [-0.4, -0.2) is 4.98 Å². The fourth-order valence-corrected chi connectivity index (χ4v) is 2.30. The number of pyridine rings is 1. The first kappa shape index (κ1) is 13.1. The molecule has 0 spiro atoms. The lowest BCUT2D eigenvalue weighted by molar-refractivity contribution is 0.721. The van der Waals surface area contributed by atoms with Crippen LogP contribution in [0.2, 0.25) is 10.0 Å². The molecule has 0 bridgehead atoms. The Morgan fingerprint density at radius 2 is 1.83 bits per heavy atom. The summed E-state index contributed by atoms with van der Waals surface area (Å²) in [7, 11) is 0. The summed E-state index contributed by atoms with van der Waals surface area (Å²) in [6, 6.07) is 6.84. The lowest BCUT2D eigenvalue weighted by atomic mass is 10.00. The summed E-state index contributed by atoms with van der Waals surface area (Å²) < 4.78 is 0. The molecule has 94 valence electrons. The highest BCUT2D eigenvalue weighted by Gasteiger charge is 2.11. The first-order chi connectivity index (χ1) is 8.56. The van der Waals surface area contributed by atoms with Gasteiger partial charge < -0.3 is 11.5 Å². The number of nitrogens with zero attached hydrogens (tertiary/aromatic N) is 1. The molecule has 0 aliphatic carbocycles. The number of halogens is 2. The van der Waals surface area contributed by atoms with Gasteiger partial charge in [0.2, 0.25) is 0 Å². The Labute approximate surface area is 116 Å². The molecule has 0 saturated heterocycles. The minimum atomic E-state index is -0.215. The van der Waals surface area contributed by atoms with Crippen LogP contribution in [0.15, 0.2) is 36.7 Å². The summed E-state index contributed by atoms with van der Waals surface area (Å²) in [5, 5.41) is 1.15. The number of hydrogen-bond donors (Lipinski definition) is 2. The fraction of sp³-hybridized carbons (Fsp3) is 0.154. The lowest BCUT2D eigenvalue weighted by Crippen LogP contribution is -2.14. The predicted molar refractivity (Wildman–Crippen MR) is 75.7 cm³/mol. The molecule has 1 atom stereocenters. The van der Waals surface area contributed by atoms with E-state index in [-0.39, 0.29) is 6.04 Å². The Morgan fingerprint density at radius 1 is 1.17 bits per heavy atom. The highest BCUT2D eigenvalue weighted by atomic mass is 35.5. The molecule has 1 aromatic carbocycles. The number of benzene rings is 1. The third-order valence-electron chi connectivity index (χ3n) is 2.69. The van der Waals surface area contributed by atoms with E-state index in [1.807, 2.05) is 12.1 Å². The number of anilines is 1. The summed E-state index contributed by atoms with van der Waals surface area (Å²) in [6.07, 6.45) is 3.97. The van der Waals surface area contributed by atoms with Gasteiger partial charge in [-0.15, -0.1) is 0 Å². The van der Waals surface area contributed by atoms with Crippen LogP contribution in [-0.2, 0) is 6.42 Å². The molecular formula is C13H13Cl2N3. The molecule has 0 radical (unpaired) electrons. The van der Waals surface area contributed by atoms with Crippen molar-refractivity contribution in [1.82, 2.24) is 4.98 Å². The second-order valence-corrected chi connectivity index (χ2v) is 4.96. The minimum Gasteiger partial charge on any atom is -0.398 e. The van der Waals surface area contributed by atoms with Gasteiger partial charge in [-0.05, 0) is 41.8 Å². The molecule has 0 fully saturated rings. The van der Waals surface area contributed by atoms with E-state index in [1.165, 1.54) is 0 Å². The van der Waals surface area contributed by atoms with Gasteiger partial charge >= 0.3 is 0 Å². The molecule has 0 saturated carbocycles. The second-order valence-electron chi connectivity index (χ2n) is 4.09. The van der Waals surface area contributed by atoms with Crippen molar-refractivity contribution in [3.05, 3.63) is 57.8 Å². The van der Waals surface area contributed by atoms with Gasteiger partial charge in [0.15, 0.2) is 0 Å². The summed E-state index contributed by atoms with van der Waals surface area (Å²) >= 11 is 11.9. The summed E-state index contributed by atoms with van der Waals surface area (Å²) in [4.78, 5) is 4.04. The number of nitrogens with two attached hydrogens (primary N) is 2. The topological polar surface area (TPSA) is 64.9 Å². The number of aromatic nitrogens is 1. The summed E-state index contributed by atoms with van der Waals surface area (Å²) in [5.74, 6) is 0. The van der Waals surface area contributed by atoms with Crippen LogP contribution in [0.5, 0.6) is 0 Å². The molecule has 2 aromatic rings. The highest BCUT2D eigenvalue weighted by Crippen LogP contribution is 2.25. The molecular weight excluding hydrogens is 269 g/mol. The average Bonchev–Trinajstić information content (AvgIpc) is 2.31. The third kappa shape index (κ3) is 3.13. The second kappa shape index (κ2) is 5.57. The van der Waals surface area contributed by atoms with Crippen LogP contribution in [0.25, 0.3) is 0 Å². The van der Waals surface area contributed by atoms with Crippen LogP contribution >= 0.6 is 23.2 Å². The van der Waals surface area contributed by atoms with Crippen molar-refractivity contribution < 1.29 is 0 Å². The van der Waals surface area contributed by atoms with E-state index >= 15 is 0 Å². The SMILES string of the molecule is Nc1ccncc1CC(N)c1cc(Cl)cc(Cl)c1. The Kier molecular flexibility index (Phi) is 4.07. The molecule has 0 aliphatic rings. The van der Waals surface area contributed by atoms with E-state index < -0.39 is 0 Å². The maximum absolute atomic E-state index is 6.13. The first-order valence-corrected chi connectivity index (χ1v) is 6.22. The third-order valence-corrected chi connectivity index (χ3v) is 3.13. The zero-order valence-corrected chi connectivity index (χ0v) is 11.1. The van der Waals surface area contributed by atoms with Crippen LogP contribution < -0.4 is 11.5 Å². The van der Waals surface area contributed by atoms with E-state index in [0.29, 0.717) is 22.2 Å². The number of hydrogen-bond acceptors (Lipinski definition) is 3. The van der Waals surface area contributed by atoms with Crippen molar-refractivity contribution in [3.8, 4) is 0 Å². The molecule has 0 aliphatic heterocycles. The maximum atomic E-state index is 6.13. The van der Waals surface area contributed by atoms with Crippen molar-refractivity contribution in [2.24, 2.45) is 5.73 Å². The molecule has 3 nitrogen and oxygen atoms in total. The van der Waals surface area contributed by atoms with Gasteiger partial charge in [0, 0.05) is 34.2 Å². The normalized spacial score (nSPS) is 12.4. The monoisotopic (exact) mass is 281 g/mol. The van der Waals surface area contributed by atoms with Gasteiger partial charge in [0.05, 0.1) is 0 Å². The largest absolute Gasteiger partial charge is 0.398 e. The van der Waals surface area contributed by atoms with Crippen LogP contribution in [0.1, 0.15) is 17.2 Å². The van der Waals surface area contributed by atoms with E-state index in [9.17, 15) is 0 Å². The zero-order chi connectivity index (χ0) is 13.1. The fourth-order valence-electron chi connectivity index (χ4n) is 1.75. The molecule has 18 heavy (non-hydrogen) atoms. The Bertz CT molecular complexity index is 537. The average molecular weight is 282 g/mol. The Balaban J connectivity index is 2.22. The molecule has 2 rings (SSSR count). The molecule has 1 aromatic heterocycles. The van der Waals surface area contributed by atoms with Crippen molar-refractivity contribution in [1.29, 1.82) is 0 Å². The predicted octanol–water partition coefficient (Wildman–Crippen LogP) is 3.21. The van der Waals surface area contributed by atoms with E-state index in [2.05, 4.69) is 4.98 Å². The first-order valence-electron chi connectivity index (χ1n) is 5.46. The quantitative estimate of drug-likeness (QED) is 0.908.